The Morgan fingerprint density at radius 2 is 1.72 bits per heavy atom. The third-order valence-corrected chi connectivity index (χ3v) is 4.62. The Kier molecular flexibility index (Phi) is 7.10. The number of aliphatic imine (C=N–C) groups is 1. The van der Waals surface area contributed by atoms with Crippen LogP contribution in [0.1, 0.15) is 16.7 Å². The predicted octanol–water partition coefficient (Wildman–Crippen LogP) is 2.81. The Morgan fingerprint density at radius 1 is 0.966 bits per heavy atom. The van der Waals surface area contributed by atoms with E-state index in [9.17, 15) is 0 Å². The van der Waals surface area contributed by atoms with E-state index in [1.807, 2.05) is 47.3 Å². The Morgan fingerprint density at radius 3 is 2.38 bits per heavy atom. The molecule has 1 aromatic heterocycles. The van der Waals surface area contributed by atoms with Crippen molar-refractivity contribution in [2.45, 2.75) is 19.6 Å². The van der Waals surface area contributed by atoms with Crippen molar-refractivity contribution < 1.29 is 9.47 Å². The maximum atomic E-state index is 5.46. The number of hydrogen-bond acceptors (Lipinski definition) is 4. The van der Waals surface area contributed by atoms with Crippen LogP contribution in [0.2, 0.25) is 0 Å². The zero-order chi connectivity index (χ0) is 20.5. The first-order valence-corrected chi connectivity index (χ1v) is 9.43. The minimum absolute atomic E-state index is 0.585. The van der Waals surface area contributed by atoms with Crippen molar-refractivity contribution >= 4 is 5.96 Å². The summed E-state index contributed by atoms with van der Waals surface area (Å²) in [6, 6.07) is 16.0. The van der Waals surface area contributed by atoms with E-state index in [1.165, 1.54) is 11.1 Å². The molecule has 29 heavy (non-hydrogen) atoms. The largest absolute Gasteiger partial charge is 0.497 e. The number of rotatable bonds is 8. The molecule has 0 bridgehead atoms. The van der Waals surface area contributed by atoms with Crippen LogP contribution in [0.4, 0.5) is 0 Å². The summed E-state index contributed by atoms with van der Waals surface area (Å²) in [7, 11) is 5.06. The topological polar surface area (TPSA) is 72.7 Å². The minimum atomic E-state index is 0.585. The summed E-state index contributed by atoms with van der Waals surface area (Å²) in [5.74, 6) is 2.26. The summed E-state index contributed by atoms with van der Waals surface area (Å²) in [6.07, 6.45) is 3.76. The smallest absolute Gasteiger partial charge is 0.191 e. The molecule has 3 aromatic rings. The van der Waals surface area contributed by atoms with Crippen molar-refractivity contribution in [3.05, 3.63) is 77.6 Å². The first-order chi connectivity index (χ1) is 14.2. The van der Waals surface area contributed by atoms with Crippen LogP contribution in [-0.2, 0) is 19.6 Å². The molecule has 7 heteroatoms. The lowest BCUT2D eigenvalue weighted by molar-refractivity contribution is 0.390. The summed E-state index contributed by atoms with van der Waals surface area (Å²) in [5.41, 5.74) is 3.44. The van der Waals surface area contributed by atoms with Gasteiger partial charge in [0, 0.05) is 44.2 Å². The second kappa shape index (κ2) is 10.2. The highest BCUT2D eigenvalue weighted by Crippen LogP contribution is 2.24. The highest BCUT2D eigenvalue weighted by Gasteiger charge is 2.08. The lowest BCUT2D eigenvalue weighted by Gasteiger charge is -2.16. The standard InChI is InChI=1S/C22H27N5O2/c1-23-22(25-15-18-9-10-20(28-2)13-21(18)29-3)24-14-17-7-4-5-8-19(17)16-27-12-6-11-26-27/h4-13H,14-16H2,1-3H3,(H2,23,24,25). The number of hydrogen-bond donors (Lipinski definition) is 2. The molecule has 152 valence electrons. The number of nitrogens with zero attached hydrogens (tertiary/aromatic N) is 3. The molecule has 0 saturated heterocycles. The molecule has 3 rings (SSSR count). The van der Waals surface area contributed by atoms with Crippen LogP contribution in [0.5, 0.6) is 11.5 Å². The molecule has 0 radical (unpaired) electrons. The number of nitrogens with one attached hydrogen (secondary N) is 2. The fourth-order valence-corrected chi connectivity index (χ4v) is 3.03. The first-order valence-electron chi connectivity index (χ1n) is 9.43. The van der Waals surface area contributed by atoms with Gasteiger partial charge in [-0.2, -0.15) is 5.10 Å². The molecule has 0 atom stereocenters. The molecule has 1 heterocycles. The molecular formula is C22H27N5O2. The highest BCUT2D eigenvalue weighted by atomic mass is 16.5. The van der Waals surface area contributed by atoms with Gasteiger partial charge in [-0.3, -0.25) is 9.67 Å². The van der Waals surface area contributed by atoms with E-state index in [0.717, 1.165) is 29.6 Å². The van der Waals surface area contributed by atoms with Crippen LogP contribution >= 0.6 is 0 Å². The van der Waals surface area contributed by atoms with E-state index in [1.54, 1.807) is 27.5 Å². The molecule has 0 spiro atoms. The minimum Gasteiger partial charge on any atom is -0.497 e. The van der Waals surface area contributed by atoms with E-state index in [4.69, 9.17) is 9.47 Å². The number of benzene rings is 2. The van der Waals surface area contributed by atoms with Crippen LogP contribution in [0.15, 0.2) is 65.9 Å². The van der Waals surface area contributed by atoms with Crippen molar-refractivity contribution in [1.82, 2.24) is 20.4 Å². The summed E-state index contributed by atoms with van der Waals surface area (Å²) in [5, 5.41) is 11.0. The van der Waals surface area contributed by atoms with Gasteiger partial charge in [-0.25, -0.2) is 0 Å². The zero-order valence-electron chi connectivity index (χ0n) is 17.1. The van der Waals surface area contributed by atoms with E-state index < -0.39 is 0 Å². The lowest BCUT2D eigenvalue weighted by Crippen LogP contribution is -2.36. The van der Waals surface area contributed by atoms with Crippen LogP contribution < -0.4 is 20.1 Å². The lowest BCUT2D eigenvalue weighted by atomic mass is 10.1. The Balaban J connectivity index is 1.60. The maximum absolute atomic E-state index is 5.46. The van der Waals surface area contributed by atoms with Gasteiger partial charge in [0.2, 0.25) is 0 Å². The molecule has 0 aliphatic heterocycles. The summed E-state index contributed by atoms with van der Waals surface area (Å²) < 4.78 is 12.6. The zero-order valence-corrected chi connectivity index (χ0v) is 17.1. The molecule has 0 aliphatic carbocycles. The Bertz CT molecular complexity index is 938. The molecule has 0 aliphatic rings. The number of methoxy groups -OCH3 is 2. The van der Waals surface area contributed by atoms with Crippen molar-refractivity contribution in [2.75, 3.05) is 21.3 Å². The van der Waals surface area contributed by atoms with Gasteiger partial charge in [0.05, 0.1) is 20.8 Å². The molecule has 0 unspecified atom stereocenters. The van der Waals surface area contributed by atoms with E-state index in [-0.39, 0.29) is 0 Å². The number of ether oxygens (including phenoxy) is 2. The second-order valence-electron chi connectivity index (χ2n) is 6.43. The third kappa shape index (κ3) is 5.51. The van der Waals surface area contributed by atoms with Crippen molar-refractivity contribution in [3.8, 4) is 11.5 Å². The first kappa shape index (κ1) is 20.3. The van der Waals surface area contributed by atoms with Crippen LogP contribution in [-0.4, -0.2) is 37.0 Å². The van der Waals surface area contributed by atoms with Gasteiger partial charge in [-0.1, -0.05) is 24.3 Å². The SMILES string of the molecule is CN=C(NCc1ccccc1Cn1cccn1)NCc1ccc(OC)cc1OC. The average molecular weight is 393 g/mol. The van der Waals surface area contributed by atoms with Gasteiger partial charge in [0.25, 0.3) is 0 Å². The van der Waals surface area contributed by atoms with Gasteiger partial charge < -0.3 is 20.1 Å². The molecule has 2 N–H and O–H groups in total. The predicted molar refractivity (Wildman–Crippen MR) is 114 cm³/mol. The van der Waals surface area contributed by atoms with Gasteiger partial charge >= 0.3 is 0 Å². The molecule has 0 saturated carbocycles. The fraction of sp³-hybridized carbons (Fsp3) is 0.273. The Hall–Kier alpha value is -3.48. The summed E-state index contributed by atoms with van der Waals surface area (Å²) >= 11 is 0. The van der Waals surface area contributed by atoms with Gasteiger partial charge in [0.1, 0.15) is 11.5 Å². The van der Waals surface area contributed by atoms with Gasteiger partial charge in [0.15, 0.2) is 5.96 Å². The summed E-state index contributed by atoms with van der Waals surface area (Å²) in [6.45, 7) is 1.98. The molecule has 2 aromatic carbocycles. The van der Waals surface area contributed by atoms with Crippen molar-refractivity contribution in [3.63, 3.8) is 0 Å². The second-order valence-corrected chi connectivity index (χ2v) is 6.43. The number of aromatic nitrogens is 2. The average Bonchev–Trinajstić information content (AvgIpc) is 3.28. The van der Waals surface area contributed by atoms with Crippen LogP contribution in [0, 0.1) is 0 Å². The van der Waals surface area contributed by atoms with Gasteiger partial charge in [-0.05, 0) is 29.3 Å². The molecule has 0 fully saturated rings. The van der Waals surface area contributed by atoms with E-state index >= 15 is 0 Å². The molecular weight excluding hydrogens is 366 g/mol. The van der Waals surface area contributed by atoms with Crippen LogP contribution in [0.3, 0.4) is 0 Å². The monoisotopic (exact) mass is 393 g/mol. The molecule has 7 nitrogen and oxygen atoms in total. The number of guanidine groups is 1. The third-order valence-electron chi connectivity index (χ3n) is 4.62. The maximum Gasteiger partial charge on any atom is 0.191 e. The van der Waals surface area contributed by atoms with Crippen LogP contribution in [0.25, 0.3) is 0 Å². The van der Waals surface area contributed by atoms with Crippen molar-refractivity contribution in [2.24, 2.45) is 4.99 Å². The quantitative estimate of drug-likeness (QED) is 0.455. The molecule has 0 amide bonds. The van der Waals surface area contributed by atoms with Crippen molar-refractivity contribution in [1.29, 1.82) is 0 Å². The normalized spacial score (nSPS) is 11.2. The fourth-order valence-electron chi connectivity index (χ4n) is 3.03. The van der Waals surface area contributed by atoms with E-state index in [0.29, 0.717) is 13.1 Å². The summed E-state index contributed by atoms with van der Waals surface area (Å²) in [4.78, 5) is 4.32. The van der Waals surface area contributed by atoms with E-state index in [2.05, 4.69) is 32.9 Å². The van der Waals surface area contributed by atoms with Gasteiger partial charge in [-0.15, -0.1) is 0 Å². The highest BCUT2D eigenvalue weighted by molar-refractivity contribution is 5.79. The Labute approximate surface area is 171 Å².